The Morgan fingerprint density at radius 1 is 1.00 bits per heavy atom. The Kier molecular flexibility index (Phi) is 7.50. The van der Waals surface area contributed by atoms with Crippen molar-refractivity contribution in [2.24, 2.45) is 0 Å². The minimum Gasteiger partial charge on any atom is -0.497 e. The Morgan fingerprint density at radius 3 is 2.40 bits per heavy atom. The highest BCUT2D eigenvalue weighted by molar-refractivity contribution is 5.96. The molecule has 0 aliphatic carbocycles. The molecule has 1 atom stereocenters. The second kappa shape index (κ2) is 10.9. The first-order chi connectivity index (χ1) is 17.0. The Morgan fingerprint density at radius 2 is 1.74 bits per heavy atom. The van der Waals surface area contributed by atoms with Crippen molar-refractivity contribution in [3.63, 3.8) is 0 Å². The van der Waals surface area contributed by atoms with Crippen LogP contribution in [0.5, 0.6) is 11.5 Å². The standard InChI is InChI=1S/C27H30N4O4/c1-19(32)31-15-14-30(18-25(31)21-4-7-23(34-2)8-5-21)27(33)22-6-9-26(35-3)24(16-22)29-17-20-10-12-28-13-11-20/h4-13,16,25,29H,14-15,17-18H2,1-3H3/t25-/m0/s1. The fourth-order valence-corrected chi connectivity index (χ4v) is 4.32. The van der Waals surface area contributed by atoms with Crippen LogP contribution in [0.25, 0.3) is 0 Å². The van der Waals surface area contributed by atoms with E-state index < -0.39 is 0 Å². The summed E-state index contributed by atoms with van der Waals surface area (Å²) < 4.78 is 10.8. The van der Waals surface area contributed by atoms with Gasteiger partial charge in [0, 0.05) is 51.1 Å². The number of piperazine rings is 1. The highest BCUT2D eigenvalue weighted by Crippen LogP contribution is 2.30. The molecular formula is C27H30N4O4. The maximum atomic E-state index is 13.5. The van der Waals surface area contributed by atoms with Crippen molar-refractivity contribution in [3.8, 4) is 11.5 Å². The molecule has 0 spiro atoms. The molecular weight excluding hydrogens is 444 g/mol. The van der Waals surface area contributed by atoms with Crippen LogP contribution in [0.15, 0.2) is 67.0 Å². The third kappa shape index (κ3) is 5.54. The van der Waals surface area contributed by atoms with Gasteiger partial charge in [-0.3, -0.25) is 14.6 Å². The molecule has 4 rings (SSSR count). The van der Waals surface area contributed by atoms with Gasteiger partial charge in [0.05, 0.1) is 25.9 Å². The molecule has 182 valence electrons. The van der Waals surface area contributed by atoms with E-state index in [1.165, 1.54) is 0 Å². The van der Waals surface area contributed by atoms with Gasteiger partial charge in [0.15, 0.2) is 0 Å². The molecule has 8 heteroatoms. The molecule has 35 heavy (non-hydrogen) atoms. The largest absolute Gasteiger partial charge is 0.497 e. The SMILES string of the molecule is COc1ccc([C@@H]2CN(C(=O)c3ccc(OC)c(NCc4ccncc4)c3)CCN2C(C)=O)cc1. The van der Waals surface area contributed by atoms with Gasteiger partial charge in [-0.2, -0.15) is 0 Å². The molecule has 1 fully saturated rings. The molecule has 1 N–H and O–H groups in total. The third-order valence-corrected chi connectivity index (χ3v) is 6.25. The van der Waals surface area contributed by atoms with E-state index in [2.05, 4.69) is 10.3 Å². The van der Waals surface area contributed by atoms with Crippen molar-refractivity contribution in [1.82, 2.24) is 14.8 Å². The summed E-state index contributed by atoms with van der Waals surface area (Å²) in [4.78, 5) is 33.5. The van der Waals surface area contributed by atoms with Gasteiger partial charge in [0.1, 0.15) is 11.5 Å². The minimum atomic E-state index is -0.223. The zero-order chi connectivity index (χ0) is 24.8. The lowest BCUT2D eigenvalue weighted by atomic mass is 10.0. The first kappa shape index (κ1) is 24.1. The highest BCUT2D eigenvalue weighted by atomic mass is 16.5. The number of pyridine rings is 1. The average molecular weight is 475 g/mol. The molecule has 1 saturated heterocycles. The second-order valence-corrected chi connectivity index (χ2v) is 8.38. The Bertz CT molecular complexity index is 1170. The number of rotatable bonds is 7. The van der Waals surface area contributed by atoms with Crippen LogP contribution in [0, 0.1) is 0 Å². The van der Waals surface area contributed by atoms with Crippen LogP contribution in [0.4, 0.5) is 5.69 Å². The summed E-state index contributed by atoms with van der Waals surface area (Å²) in [6.45, 7) is 3.50. The number of carbonyl (C=O) groups excluding carboxylic acids is 2. The number of aromatic nitrogens is 1. The number of carbonyl (C=O) groups is 2. The lowest BCUT2D eigenvalue weighted by Gasteiger charge is -2.41. The monoisotopic (exact) mass is 474 g/mol. The number of nitrogens with one attached hydrogen (secondary N) is 1. The van der Waals surface area contributed by atoms with Gasteiger partial charge in [0.2, 0.25) is 5.91 Å². The van der Waals surface area contributed by atoms with E-state index in [9.17, 15) is 9.59 Å². The van der Waals surface area contributed by atoms with Gasteiger partial charge in [-0.05, 0) is 53.6 Å². The fourth-order valence-electron chi connectivity index (χ4n) is 4.32. The van der Waals surface area contributed by atoms with Crippen molar-refractivity contribution in [2.45, 2.75) is 19.5 Å². The number of benzene rings is 2. The smallest absolute Gasteiger partial charge is 0.254 e. The summed E-state index contributed by atoms with van der Waals surface area (Å²) in [5, 5.41) is 3.36. The lowest BCUT2D eigenvalue weighted by Crippen LogP contribution is -2.51. The van der Waals surface area contributed by atoms with E-state index in [0.717, 1.165) is 22.6 Å². The van der Waals surface area contributed by atoms with Gasteiger partial charge < -0.3 is 24.6 Å². The Balaban J connectivity index is 1.54. The molecule has 1 aromatic heterocycles. The molecule has 2 aromatic carbocycles. The van der Waals surface area contributed by atoms with Crippen LogP contribution >= 0.6 is 0 Å². The van der Waals surface area contributed by atoms with E-state index >= 15 is 0 Å². The Labute approximate surface area is 205 Å². The predicted molar refractivity (Wildman–Crippen MR) is 134 cm³/mol. The predicted octanol–water partition coefficient (Wildman–Crippen LogP) is 3.76. The summed E-state index contributed by atoms with van der Waals surface area (Å²) in [6.07, 6.45) is 3.49. The van der Waals surface area contributed by atoms with Gasteiger partial charge in [-0.15, -0.1) is 0 Å². The molecule has 1 aliphatic rings. The van der Waals surface area contributed by atoms with Crippen LogP contribution in [0.1, 0.15) is 34.5 Å². The molecule has 2 amide bonds. The molecule has 0 saturated carbocycles. The topological polar surface area (TPSA) is 84.0 Å². The van der Waals surface area contributed by atoms with Gasteiger partial charge in [0.25, 0.3) is 5.91 Å². The molecule has 3 aromatic rings. The molecule has 2 heterocycles. The number of hydrogen-bond acceptors (Lipinski definition) is 6. The highest BCUT2D eigenvalue weighted by Gasteiger charge is 2.32. The number of anilines is 1. The van der Waals surface area contributed by atoms with Crippen molar-refractivity contribution in [2.75, 3.05) is 39.2 Å². The van der Waals surface area contributed by atoms with E-state index in [-0.39, 0.29) is 17.9 Å². The molecule has 0 radical (unpaired) electrons. The summed E-state index contributed by atoms with van der Waals surface area (Å²) in [5.41, 5.74) is 3.34. The quantitative estimate of drug-likeness (QED) is 0.562. The lowest BCUT2D eigenvalue weighted by molar-refractivity contribution is -0.133. The maximum absolute atomic E-state index is 13.5. The van der Waals surface area contributed by atoms with Crippen LogP contribution < -0.4 is 14.8 Å². The summed E-state index contributed by atoms with van der Waals surface area (Å²) in [5.74, 6) is 1.32. The van der Waals surface area contributed by atoms with Crippen molar-refractivity contribution in [3.05, 3.63) is 83.7 Å². The first-order valence-electron chi connectivity index (χ1n) is 11.5. The maximum Gasteiger partial charge on any atom is 0.254 e. The second-order valence-electron chi connectivity index (χ2n) is 8.38. The zero-order valence-corrected chi connectivity index (χ0v) is 20.2. The van der Waals surface area contributed by atoms with Crippen molar-refractivity contribution in [1.29, 1.82) is 0 Å². The number of ether oxygens (including phenoxy) is 2. The van der Waals surface area contributed by atoms with Crippen LogP contribution in [0.3, 0.4) is 0 Å². The van der Waals surface area contributed by atoms with Gasteiger partial charge >= 0.3 is 0 Å². The molecule has 0 bridgehead atoms. The number of methoxy groups -OCH3 is 2. The zero-order valence-electron chi connectivity index (χ0n) is 20.2. The fraction of sp³-hybridized carbons (Fsp3) is 0.296. The molecule has 1 aliphatic heterocycles. The van der Waals surface area contributed by atoms with Gasteiger partial charge in [-0.1, -0.05) is 12.1 Å². The van der Waals surface area contributed by atoms with E-state index in [1.54, 1.807) is 45.7 Å². The molecule has 8 nitrogen and oxygen atoms in total. The summed E-state index contributed by atoms with van der Waals surface area (Å²) in [7, 11) is 3.22. The van der Waals surface area contributed by atoms with Gasteiger partial charge in [-0.25, -0.2) is 0 Å². The minimum absolute atomic E-state index is 0.00929. The van der Waals surface area contributed by atoms with Crippen molar-refractivity contribution < 1.29 is 19.1 Å². The third-order valence-electron chi connectivity index (χ3n) is 6.25. The number of nitrogens with zero attached hydrogens (tertiary/aromatic N) is 3. The van der Waals surface area contributed by atoms with E-state index in [1.807, 2.05) is 52.3 Å². The normalized spacial score (nSPS) is 15.5. The van der Waals surface area contributed by atoms with Crippen LogP contribution in [-0.2, 0) is 11.3 Å². The Hall–Kier alpha value is -4.07. The average Bonchev–Trinajstić information content (AvgIpc) is 2.91. The van der Waals surface area contributed by atoms with Crippen molar-refractivity contribution >= 4 is 17.5 Å². The summed E-state index contributed by atoms with van der Waals surface area (Å²) in [6, 6.07) is 16.7. The number of amides is 2. The first-order valence-corrected chi connectivity index (χ1v) is 11.5. The summed E-state index contributed by atoms with van der Waals surface area (Å²) >= 11 is 0. The van der Waals surface area contributed by atoms with Crippen LogP contribution in [0.2, 0.25) is 0 Å². The molecule has 0 unspecified atom stereocenters. The number of hydrogen-bond donors (Lipinski definition) is 1. The van der Waals surface area contributed by atoms with E-state index in [0.29, 0.717) is 37.5 Å². The van der Waals surface area contributed by atoms with E-state index in [4.69, 9.17) is 9.47 Å². The van der Waals surface area contributed by atoms with Crippen LogP contribution in [-0.4, -0.2) is 60.5 Å².